The number of aliphatic hydroxyl groups excluding tert-OH is 1. The van der Waals surface area contributed by atoms with E-state index in [0.717, 1.165) is 54.6 Å². The van der Waals surface area contributed by atoms with Crippen molar-refractivity contribution >= 4 is 45.0 Å². The van der Waals surface area contributed by atoms with Gasteiger partial charge in [-0.3, -0.25) is 9.59 Å². The van der Waals surface area contributed by atoms with Crippen molar-refractivity contribution in [3.8, 4) is 5.75 Å². The lowest BCUT2D eigenvalue weighted by Crippen LogP contribution is -2.68. The first-order chi connectivity index (χ1) is 43.8. The molecule has 7 rings (SSSR count). The smallest absolute Gasteiger partial charge is 0.308 e. The summed E-state index contributed by atoms with van der Waals surface area (Å²) in [6, 6.07) is 8.06. The van der Waals surface area contributed by atoms with E-state index in [-0.39, 0.29) is 124 Å². The largest absolute Gasteiger partial charge is 0.497 e. The summed E-state index contributed by atoms with van der Waals surface area (Å²) < 4.78 is 88.4. The van der Waals surface area contributed by atoms with Crippen LogP contribution >= 0.6 is 0 Å². The second kappa shape index (κ2) is 32.0. The third-order valence-corrected chi connectivity index (χ3v) is 41.8. The third-order valence-electron chi connectivity index (χ3n) is 23.8. The molecule has 20 heteroatoms. The molecule has 0 aromatic heterocycles. The summed E-state index contributed by atoms with van der Waals surface area (Å²) in [5.41, 5.74) is 3.16. The highest BCUT2D eigenvalue weighted by Gasteiger charge is 2.58. The Morgan fingerprint density at radius 3 is 1.83 bits per heavy atom. The quantitative estimate of drug-likeness (QED) is 0.0381. The number of aliphatic hydroxyl groups is 1. The Bertz CT molecular complexity index is 2720. The van der Waals surface area contributed by atoms with Crippen LogP contribution in [0.5, 0.6) is 5.75 Å². The molecule has 0 radical (unpaired) electrons. The van der Waals surface area contributed by atoms with E-state index in [1.807, 2.05) is 12.1 Å². The number of ether oxygens (including phenoxy) is 9. The lowest BCUT2D eigenvalue weighted by molar-refractivity contribution is -0.276. The molecular formula is C75H130O16Si4. The summed E-state index contributed by atoms with van der Waals surface area (Å²) in [5.74, 6) is 0.563. The van der Waals surface area contributed by atoms with Gasteiger partial charge in [0.2, 0.25) is 0 Å². The van der Waals surface area contributed by atoms with Crippen molar-refractivity contribution in [3.05, 3.63) is 66.3 Å². The number of methoxy groups -OCH3 is 2. The van der Waals surface area contributed by atoms with Crippen LogP contribution in [-0.2, 0) is 71.8 Å². The summed E-state index contributed by atoms with van der Waals surface area (Å²) in [5, 5.41) is 12.0. The summed E-state index contributed by atoms with van der Waals surface area (Å²) in [6.07, 6.45) is 3.56. The van der Waals surface area contributed by atoms with E-state index >= 15 is 0 Å². The van der Waals surface area contributed by atoms with Crippen LogP contribution in [0.3, 0.4) is 0 Å². The zero-order chi connectivity index (χ0) is 70.8. The molecule has 6 saturated heterocycles. The molecule has 6 fully saturated rings. The number of rotatable bonds is 27. The molecular weight excluding hydrogens is 1270 g/mol. The molecule has 0 bridgehead atoms. The number of carbonyl (C=O) groups is 2. The molecule has 6 aliphatic heterocycles. The van der Waals surface area contributed by atoms with E-state index in [4.69, 9.17) is 60.3 Å². The lowest BCUT2D eigenvalue weighted by atomic mass is 9.79. The second-order valence-corrected chi connectivity index (χ2v) is 54.1. The molecule has 0 saturated carbocycles. The molecule has 16 nitrogen and oxygen atoms in total. The van der Waals surface area contributed by atoms with Gasteiger partial charge in [-0.05, 0) is 171 Å². The molecule has 19 atom stereocenters. The standard InChI is InChI=1S/C75H130O16Si4/c1-47-41-55(84-61(49(47)3)44-63-66(81-46-51-27-31-53(79-17)32-28-51)50(4)67-64(86-63)45-62(89-93(21,22)73(8,9)10)59(87-67)39-40-82-92(19,20)72(5,6)7)34-37-58-48(2)42-54(83-58)33-29-52(76)30-36-57(77)68-70(90-94(23,24)74(11,12)13)71(91-95(25,26)75(14,15)16)69-60(88-68)38-35-56(85-69)43-65(78)80-18/h27-28,30-32,36,47,50,54-64,66-71,77H,2-3,29,33-35,37-46H2,1,4-26H3/b36-30+/t47-,50-,54+,55+,56-,57+,58+,59-,60+,61-,62-,63+,64+,66-,67+,68+,69+,70-,71+/m1/s1. The zero-order valence-corrected chi connectivity index (χ0v) is 67.3. The Morgan fingerprint density at radius 2 is 1.23 bits per heavy atom. The van der Waals surface area contributed by atoms with Gasteiger partial charge in [-0.25, -0.2) is 0 Å². The SMILES string of the molecule is C=C1C[C@H](CCC(=O)/C=C/[C@H](O)[C@@H]2O[C@H]3CC[C@H](CC(=O)OC)O[C@@H]3[C@H](O[Si](C)(C)C(C)(C)C)[C@@H]2O[Si](C)(C)C(C)(C)C)O[C@H]1CC[C@H]1C[C@@H](C)C(=C)[C@@H](C[C@@H]2O[C@H]3C[C@@H](O[Si](C)(C)C(C)(C)C)[C@@H](CCO[Si](C)(C)C(C)(C)C)O[C@H]3[C@H](C)[C@H]2OCc2ccc(OC)cc2)O1. The first-order valence-corrected chi connectivity index (χ1v) is 47.7. The van der Waals surface area contributed by atoms with E-state index in [0.29, 0.717) is 45.3 Å². The highest BCUT2D eigenvalue weighted by atomic mass is 28.4. The van der Waals surface area contributed by atoms with E-state index < -0.39 is 69.9 Å². The topological polar surface area (TPSA) is 174 Å². The molecule has 0 aliphatic carbocycles. The first kappa shape index (κ1) is 80.1. The maximum absolute atomic E-state index is 13.8. The van der Waals surface area contributed by atoms with Crippen LogP contribution in [0.25, 0.3) is 0 Å². The van der Waals surface area contributed by atoms with Gasteiger partial charge in [0.15, 0.2) is 39.1 Å². The van der Waals surface area contributed by atoms with Crippen molar-refractivity contribution in [1.82, 2.24) is 0 Å². The van der Waals surface area contributed by atoms with E-state index in [9.17, 15) is 14.7 Å². The average molecular weight is 1400 g/mol. The summed E-state index contributed by atoms with van der Waals surface area (Å²) in [7, 11) is -6.19. The molecule has 542 valence electrons. The number of allylic oxidation sites excluding steroid dienone is 1. The van der Waals surface area contributed by atoms with Gasteiger partial charge in [-0.15, -0.1) is 0 Å². The van der Waals surface area contributed by atoms with Crippen molar-refractivity contribution in [2.24, 2.45) is 11.8 Å². The number of ketones is 1. The number of hydrogen-bond acceptors (Lipinski definition) is 16. The summed E-state index contributed by atoms with van der Waals surface area (Å²) >= 11 is 0. The van der Waals surface area contributed by atoms with Crippen molar-refractivity contribution in [1.29, 1.82) is 0 Å². The third kappa shape index (κ3) is 20.3. The molecule has 1 aromatic carbocycles. The highest BCUT2D eigenvalue weighted by Crippen LogP contribution is 2.49. The fraction of sp³-hybridized carbons (Fsp3) is 0.813. The Hall–Kier alpha value is -2.23. The molecule has 0 spiro atoms. The van der Waals surface area contributed by atoms with Gasteiger partial charge in [0.05, 0.1) is 100 Å². The van der Waals surface area contributed by atoms with Crippen molar-refractivity contribution < 1.29 is 75.0 Å². The van der Waals surface area contributed by atoms with Gasteiger partial charge in [-0.1, -0.05) is 122 Å². The monoisotopic (exact) mass is 1400 g/mol. The van der Waals surface area contributed by atoms with Gasteiger partial charge in [0, 0.05) is 31.8 Å². The molecule has 0 unspecified atom stereocenters. The minimum Gasteiger partial charge on any atom is -0.497 e. The van der Waals surface area contributed by atoms with Crippen molar-refractivity contribution in [2.75, 3.05) is 20.8 Å². The Morgan fingerprint density at radius 1 is 0.632 bits per heavy atom. The fourth-order valence-electron chi connectivity index (χ4n) is 13.4. The second-order valence-electron chi connectivity index (χ2n) is 35.0. The van der Waals surface area contributed by atoms with Crippen LogP contribution in [0.1, 0.15) is 180 Å². The van der Waals surface area contributed by atoms with Crippen LogP contribution in [0.2, 0.25) is 72.5 Å². The Labute approximate surface area is 578 Å². The van der Waals surface area contributed by atoms with Gasteiger partial charge >= 0.3 is 5.97 Å². The molecule has 6 aliphatic rings. The predicted molar refractivity (Wildman–Crippen MR) is 387 cm³/mol. The minimum absolute atomic E-state index is 0.00844. The van der Waals surface area contributed by atoms with Crippen molar-refractivity contribution in [3.63, 3.8) is 0 Å². The molecule has 0 amide bonds. The van der Waals surface area contributed by atoms with Gasteiger partial charge in [-0.2, -0.15) is 0 Å². The first-order valence-electron chi connectivity index (χ1n) is 36.0. The van der Waals surface area contributed by atoms with Crippen LogP contribution < -0.4 is 4.74 Å². The lowest BCUT2D eigenvalue weighted by Gasteiger charge is -2.55. The molecule has 1 N–H and O–H groups in total. The van der Waals surface area contributed by atoms with E-state index in [2.05, 4.69) is 175 Å². The minimum atomic E-state index is -2.54. The predicted octanol–water partition coefficient (Wildman–Crippen LogP) is 16.1. The highest BCUT2D eigenvalue weighted by molar-refractivity contribution is 6.75. The normalized spacial score (nSPS) is 32.9. The van der Waals surface area contributed by atoms with Crippen LogP contribution in [0.15, 0.2) is 60.7 Å². The number of benzene rings is 1. The number of hydrogen-bond donors (Lipinski definition) is 1. The molecule has 1 aromatic rings. The number of fused-ring (bicyclic) bond motifs is 2. The van der Waals surface area contributed by atoms with Crippen molar-refractivity contribution in [2.45, 2.75) is 357 Å². The summed E-state index contributed by atoms with van der Waals surface area (Å²) in [6.45, 7) is 59.7. The maximum atomic E-state index is 13.8. The summed E-state index contributed by atoms with van der Waals surface area (Å²) in [4.78, 5) is 26.4. The van der Waals surface area contributed by atoms with Gasteiger partial charge in [0.1, 0.15) is 36.3 Å². The van der Waals surface area contributed by atoms with E-state index in [1.165, 1.54) is 13.2 Å². The Balaban J connectivity index is 1.00. The zero-order valence-electron chi connectivity index (χ0n) is 63.3. The van der Waals surface area contributed by atoms with Gasteiger partial charge in [0.25, 0.3) is 0 Å². The van der Waals surface area contributed by atoms with E-state index in [1.54, 1.807) is 13.2 Å². The fourth-order valence-corrected chi connectivity index (χ4v) is 18.4. The molecule has 6 heterocycles. The number of carbonyl (C=O) groups excluding carboxylic acids is 2. The number of esters is 1. The van der Waals surface area contributed by atoms with Gasteiger partial charge < -0.3 is 65.4 Å². The molecule has 95 heavy (non-hydrogen) atoms. The average Bonchev–Trinajstić information content (AvgIpc) is 1.08. The van der Waals surface area contributed by atoms with Crippen LogP contribution in [0, 0.1) is 11.8 Å². The van der Waals surface area contributed by atoms with Crippen LogP contribution in [-0.4, -0.2) is 175 Å². The maximum Gasteiger partial charge on any atom is 0.308 e. The van der Waals surface area contributed by atoms with Crippen LogP contribution in [0.4, 0.5) is 0 Å². The Kier molecular flexibility index (Phi) is 27.0.